The number of hydrogen-bond donors (Lipinski definition) is 2. The third-order valence-electron chi connectivity index (χ3n) is 4.39. The first-order valence-corrected chi connectivity index (χ1v) is 6.99. The molecule has 2 unspecified atom stereocenters. The van der Waals surface area contributed by atoms with E-state index in [0.29, 0.717) is 23.3 Å². The molecule has 1 saturated carbocycles. The monoisotopic (exact) mass is 246 g/mol. The number of nitrogens with two attached hydrogens (primary N) is 1. The van der Waals surface area contributed by atoms with E-state index in [-0.39, 0.29) is 0 Å². The lowest BCUT2D eigenvalue weighted by atomic mass is 9.95. The zero-order chi connectivity index (χ0) is 13.3. The first kappa shape index (κ1) is 13.6. The van der Waals surface area contributed by atoms with Gasteiger partial charge >= 0.3 is 0 Å². The van der Waals surface area contributed by atoms with Crippen molar-refractivity contribution in [1.29, 1.82) is 0 Å². The van der Waals surface area contributed by atoms with Gasteiger partial charge in [0.25, 0.3) is 0 Å². The van der Waals surface area contributed by atoms with Crippen LogP contribution in [0.25, 0.3) is 0 Å². The molecule has 0 aromatic heterocycles. The molecule has 0 heterocycles. The highest BCUT2D eigenvalue weighted by Crippen LogP contribution is 2.53. The molecule has 1 aliphatic carbocycles. The molecule has 0 aliphatic heterocycles. The summed E-state index contributed by atoms with van der Waals surface area (Å²) in [5, 5.41) is 0. The van der Waals surface area contributed by atoms with E-state index in [9.17, 15) is 0 Å². The number of hydrogen-bond acceptors (Lipinski definition) is 2. The van der Waals surface area contributed by atoms with Gasteiger partial charge in [-0.3, -0.25) is 11.3 Å². The van der Waals surface area contributed by atoms with E-state index in [1.807, 2.05) is 0 Å². The van der Waals surface area contributed by atoms with Crippen LogP contribution >= 0.6 is 0 Å². The second-order valence-electron chi connectivity index (χ2n) is 6.67. The Morgan fingerprint density at radius 3 is 2.22 bits per heavy atom. The van der Waals surface area contributed by atoms with Crippen molar-refractivity contribution in [2.24, 2.45) is 17.2 Å². The van der Waals surface area contributed by atoms with Crippen LogP contribution in [0.2, 0.25) is 0 Å². The molecule has 2 heteroatoms. The lowest BCUT2D eigenvalue weighted by Gasteiger charge is -2.18. The van der Waals surface area contributed by atoms with E-state index in [0.717, 1.165) is 6.42 Å². The summed E-state index contributed by atoms with van der Waals surface area (Å²) in [6.07, 6.45) is 2.31. The van der Waals surface area contributed by atoms with Crippen LogP contribution in [-0.4, -0.2) is 6.04 Å². The molecule has 1 aromatic rings. The van der Waals surface area contributed by atoms with Crippen LogP contribution in [0.1, 0.15) is 51.2 Å². The zero-order valence-corrected chi connectivity index (χ0v) is 12.0. The maximum Gasteiger partial charge on any atom is 0.0284 e. The van der Waals surface area contributed by atoms with Gasteiger partial charge in [-0.15, -0.1) is 0 Å². The molecule has 1 fully saturated rings. The van der Waals surface area contributed by atoms with Gasteiger partial charge in [-0.2, -0.15) is 0 Å². The summed E-state index contributed by atoms with van der Waals surface area (Å²) in [4.78, 5) is 0. The highest BCUT2D eigenvalue weighted by molar-refractivity contribution is 5.25. The average molecular weight is 246 g/mol. The van der Waals surface area contributed by atoms with E-state index in [2.05, 4.69) is 57.4 Å². The summed E-state index contributed by atoms with van der Waals surface area (Å²) < 4.78 is 0. The van der Waals surface area contributed by atoms with Crippen LogP contribution in [0.3, 0.4) is 0 Å². The number of hydrazine groups is 1. The Labute approximate surface area is 111 Å². The van der Waals surface area contributed by atoms with Gasteiger partial charge < -0.3 is 0 Å². The summed E-state index contributed by atoms with van der Waals surface area (Å²) in [6, 6.07) is 9.38. The number of nitrogens with one attached hydrogen (secondary N) is 1. The van der Waals surface area contributed by atoms with Crippen LogP contribution in [0.15, 0.2) is 24.3 Å². The third-order valence-corrected chi connectivity index (χ3v) is 4.39. The van der Waals surface area contributed by atoms with Crippen LogP contribution in [0.5, 0.6) is 0 Å². The standard InChI is InChI=1S/C16H26N2/c1-11(2)13-7-5-12(6-8-13)9-15(18-17)14-10-16(14,3)4/h5-8,11,14-15,18H,9-10,17H2,1-4H3. The summed E-state index contributed by atoms with van der Waals surface area (Å²) in [5.74, 6) is 7.03. The van der Waals surface area contributed by atoms with Crippen molar-refractivity contribution in [3.8, 4) is 0 Å². The average Bonchev–Trinajstić information content (AvgIpc) is 2.95. The van der Waals surface area contributed by atoms with Crippen LogP contribution < -0.4 is 11.3 Å². The topological polar surface area (TPSA) is 38.0 Å². The molecular formula is C16H26N2. The molecule has 2 atom stereocenters. The minimum absolute atomic E-state index is 0.407. The van der Waals surface area contributed by atoms with Crippen molar-refractivity contribution in [1.82, 2.24) is 5.43 Å². The first-order valence-electron chi connectivity index (χ1n) is 6.99. The molecule has 1 aliphatic rings. The van der Waals surface area contributed by atoms with Crippen molar-refractivity contribution in [2.45, 2.75) is 52.5 Å². The van der Waals surface area contributed by atoms with Gasteiger partial charge in [-0.25, -0.2) is 0 Å². The highest BCUT2D eigenvalue weighted by Gasteiger charge is 2.49. The fourth-order valence-corrected chi connectivity index (χ4v) is 2.80. The molecule has 0 bridgehead atoms. The van der Waals surface area contributed by atoms with Crippen LogP contribution in [0.4, 0.5) is 0 Å². The Bertz CT molecular complexity index is 392. The van der Waals surface area contributed by atoms with E-state index in [4.69, 9.17) is 5.84 Å². The Morgan fingerprint density at radius 1 is 1.28 bits per heavy atom. The van der Waals surface area contributed by atoms with Gasteiger partial charge in [0.15, 0.2) is 0 Å². The quantitative estimate of drug-likeness (QED) is 0.618. The van der Waals surface area contributed by atoms with Crippen LogP contribution in [-0.2, 0) is 6.42 Å². The summed E-state index contributed by atoms with van der Waals surface area (Å²) in [5.41, 5.74) is 6.26. The molecule has 18 heavy (non-hydrogen) atoms. The van der Waals surface area contributed by atoms with Crippen molar-refractivity contribution in [2.75, 3.05) is 0 Å². The number of benzene rings is 1. The van der Waals surface area contributed by atoms with Crippen molar-refractivity contribution >= 4 is 0 Å². The summed E-state index contributed by atoms with van der Waals surface area (Å²) in [7, 11) is 0. The molecular weight excluding hydrogens is 220 g/mol. The zero-order valence-electron chi connectivity index (χ0n) is 12.0. The Kier molecular flexibility index (Phi) is 3.79. The largest absolute Gasteiger partial charge is 0.271 e. The van der Waals surface area contributed by atoms with Crippen LogP contribution in [0, 0.1) is 11.3 Å². The normalized spacial score (nSPS) is 23.1. The molecule has 2 rings (SSSR count). The van der Waals surface area contributed by atoms with E-state index in [1.54, 1.807) is 0 Å². The third kappa shape index (κ3) is 2.93. The summed E-state index contributed by atoms with van der Waals surface area (Å²) in [6.45, 7) is 9.10. The molecule has 0 radical (unpaired) electrons. The fourth-order valence-electron chi connectivity index (χ4n) is 2.80. The fraction of sp³-hybridized carbons (Fsp3) is 0.625. The smallest absolute Gasteiger partial charge is 0.0284 e. The molecule has 1 aromatic carbocycles. The molecule has 2 nitrogen and oxygen atoms in total. The van der Waals surface area contributed by atoms with E-state index < -0.39 is 0 Å². The molecule has 100 valence electrons. The van der Waals surface area contributed by atoms with Crippen molar-refractivity contribution < 1.29 is 0 Å². The second kappa shape index (κ2) is 5.02. The van der Waals surface area contributed by atoms with Gasteiger partial charge in [0.2, 0.25) is 0 Å². The van der Waals surface area contributed by atoms with Gasteiger partial charge in [-0.1, -0.05) is 52.0 Å². The second-order valence-corrected chi connectivity index (χ2v) is 6.67. The SMILES string of the molecule is CC(C)c1ccc(CC(NN)C2CC2(C)C)cc1. The van der Waals surface area contributed by atoms with Gasteiger partial charge in [0.05, 0.1) is 0 Å². The maximum absolute atomic E-state index is 5.71. The van der Waals surface area contributed by atoms with Gasteiger partial charge in [0.1, 0.15) is 0 Å². The Balaban J connectivity index is 2.00. The Morgan fingerprint density at radius 2 is 1.83 bits per heavy atom. The maximum atomic E-state index is 5.71. The minimum atomic E-state index is 0.407. The summed E-state index contributed by atoms with van der Waals surface area (Å²) >= 11 is 0. The van der Waals surface area contributed by atoms with Crippen molar-refractivity contribution in [3.05, 3.63) is 35.4 Å². The lowest BCUT2D eigenvalue weighted by Crippen LogP contribution is -2.39. The van der Waals surface area contributed by atoms with Gasteiger partial charge in [0, 0.05) is 6.04 Å². The predicted octanol–water partition coefficient (Wildman–Crippen LogP) is 3.23. The van der Waals surface area contributed by atoms with E-state index >= 15 is 0 Å². The van der Waals surface area contributed by atoms with Crippen molar-refractivity contribution in [3.63, 3.8) is 0 Å². The molecule has 3 N–H and O–H groups in total. The van der Waals surface area contributed by atoms with E-state index in [1.165, 1.54) is 17.5 Å². The first-order chi connectivity index (χ1) is 8.44. The lowest BCUT2D eigenvalue weighted by molar-refractivity contribution is 0.409. The minimum Gasteiger partial charge on any atom is -0.271 e. The van der Waals surface area contributed by atoms with Gasteiger partial charge in [-0.05, 0) is 41.2 Å². The molecule has 0 spiro atoms. The number of rotatable bonds is 5. The molecule has 0 amide bonds. The Hall–Kier alpha value is -0.860. The predicted molar refractivity (Wildman–Crippen MR) is 77.2 cm³/mol. The molecule has 0 saturated heterocycles. The highest BCUT2D eigenvalue weighted by atomic mass is 15.2.